The number of halogens is 3. The molecule has 0 spiro atoms. The molecule has 2 aliphatic heterocycles. The van der Waals surface area contributed by atoms with E-state index in [0.29, 0.717) is 64.4 Å². The van der Waals surface area contributed by atoms with Crippen LogP contribution in [-0.4, -0.2) is 61.0 Å². The molecular formula is C29H29Cl2IN4O3. The molecule has 1 saturated heterocycles. The SMILES string of the molecule is C[C@@H](c1ccc(Cl)cc1N)N1C(=O)c2cc(I)ccc2N(CCN2CCOCC2)C(=O)C1c1ccc(Cl)cc1. The highest BCUT2D eigenvalue weighted by Crippen LogP contribution is 2.41. The molecule has 0 radical (unpaired) electrons. The Morgan fingerprint density at radius 1 is 0.974 bits per heavy atom. The summed E-state index contributed by atoms with van der Waals surface area (Å²) < 4.78 is 6.40. The van der Waals surface area contributed by atoms with Crippen molar-refractivity contribution < 1.29 is 14.3 Å². The van der Waals surface area contributed by atoms with Gasteiger partial charge in [0.25, 0.3) is 11.8 Å². The van der Waals surface area contributed by atoms with Crippen molar-refractivity contribution in [3.8, 4) is 0 Å². The summed E-state index contributed by atoms with van der Waals surface area (Å²) in [5, 5.41) is 1.06. The number of fused-ring (bicyclic) bond motifs is 1. The van der Waals surface area contributed by atoms with E-state index < -0.39 is 12.1 Å². The summed E-state index contributed by atoms with van der Waals surface area (Å²) in [4.78, 5) is 34.7. The van der Waals surface area contributed by atoms with Gasteiger partial charge in [0.1, 0.15) is 6.04 Å². The molecule has 5 rings (SSSR count). The third kappa shape index (κ3) is 5.90. The van der Waals surface area contributed by atoms with Crippen molar-refractivity contribution in [1.82, 2.24) is 9.80 Å². The van der Waals surface area contributed by atoms with Crippen molar-refractivity contribution in [1.29, 1.82) is 0 Å². The van der Waals surface area contributed by atoms with Crippen LogP contribution in [0.4, 0.5) is 11.4 Å². The number of amides is 2. The summed E-state index contributed by atoms with van der Waals surface area (Å²) in [6, 6.07) is 16.6. The number of nitrogens with two attached hydrogens (primary N) is 1. The van der Waals surface area contributed by atoms with E-state index in [1.165, 1.54) is 0 Å². The fourth-order valence-corrected chi connectivity index (χ4v) is 6.07. The van der Waals surface area contributed by atoms with Crippen LogP contribution < -0.4 is 10.6 Å². The van der Waals surface area contributed by atoms with Crippen LogP contribution >= 0.6 is 45.8 Å². The Balaban J connectivity index is 1.64. The lowest BCUT2D eigenvalue weighted by molar-refractivity contribution is -0.123. The van der Waals surface area contributed by atoms with E-state index in [4.69, 9.17) is 33.7 Å². The first-order chi connectivity index (χ1) is 18.7. The maximum atomic E-state index is 14.6. The van der Waals surface area contributed by atoms with Crippen LogP contribution in [0.15, 0.2) is 60.7 Å². The van der Waals surface area contributed by atoms with Gasteiger partial charge in [-0.2, -0.15) is 0 Å². The first-order valence-electron chi connectivity index (χ1n) is 12.8. The molecule has 3 aromatic carbocycles. The normalized spacial score (nSPS) is 19.1. The Hall–Kier alpha value is -2.37. The number of nitrogen functional groups attached to an aromatic ring is 1. The first kappa shape index (κ1) is 28.2. The van der Waals surface area contributed by atoms with Gasteiger partial charge in [0, 0.05) is 45.5 Å². The standard InChI is InChI=1S/C29H29Cl2IN4O3/c1-18(23-8-6-21(31)16-25(23)33)36-27(19-2-4-20(30)5-3-19)29(38)35(11-10-34-12-14-39-15-13-34)26-9-7-22(32)17-24(26)28(36)37/h2-9,16-18,27H,10-15,33H2,1H3/t18-,27?/m0/s1. The molecule has 2 N–H and O–H groups in total. The van der Waals surface area contributed by atoms with E-state index in [0.717, 1.165) is 16.7 Å². The molecule has 10 heteroatoms. The zero-order valence-electron chi connectivity index (χ0n) is 21.4. The van der Waals surface area contributed by atoms with Crippen LogP contribution in [0, 0.1) is 3.57 Å². The van der Waals surface area contributed by atoms with E-state index in [1.54, 1.807) is 34.1 Å². The minimum absolute atomic E-state index is 0.182. The number of morpholine rings is 1. The molecule has 7 nitrogen and oxygen atoms in total. The molecule has 3 aromatic rings. The summed E-state index contributed by atoms with van der Waals surface area (Å²) in [6.45, 7) is 5.95. The predicted molar refractivity (Wildman–Crippen MR) is 163 cm³/mol. The van der Waals surface area contributed by atoms with Gasteiger partial charge in [-0.3, -0.25) is 14.5 Å². The van der Waals surface area contributed by atoms with Gasteiger partial charge in [-0.1, -0.05) is 41.4 Å². The van der Waals surface area contributed by atoms with Gasteiger partial charge in [0.2, 0.25) is 0 Å². The Bertz CT molecular complexity index is 1380. The van der Waals surface area contributed by atoms with Crippen LogP contribution in [0.3, 0.4) is 0 Å². The number of carbonyl (C=O) groups is 2. The van der Waals surface area contributed by atoms with Crippen LogP contribution in [0.2, 0.25) is 10.0 Å². The molecular weight excluding hydrogens is 650 g/mol. The maximum Gasteiger partial charge on any atom is 0.257 e. The molecule has 2 atom stereocenters. The summed E-state index contributed by atoms with van der Waals surface area (Å²) in [5.41, 5.74) is 9.32. The second-order valence-electron chi connectivity index (χ2n) is 9.72. The monoisotopic (exact) mass is 678 g/mol. The molecule has 204 valence electrons. The average Bonchev–Trinajstić information content (AvgIpc) is 3.01. The lowest BCUT2D eigenvalue weighted by atomic mass is 9.97. The zero-order valence-corrected chi connectivity index (χ0v) is 25.1. The molecule has 0 aromatic heterocycles. The van der Waals surface area contributed by atoms with Gasteiger partial charge >= 0.3 is 0 Å². The molecule has 0 aliphatic carbocycles. The molecule has 0 bridgehead atoms. The molecule has 2 amide bonds. The van der Waals surface area contributed by atoms with Crippen molar-refractivity contribution in [2.45, 2.75) is 19.0 Å². The van der Waals surface area contributed by atoms with Crippen LogP contribution in [0.1, 0.15) is 40.5 Å². The molecule has 0 saturated carbocycles. The number of ether oxygens (including phenoxy) is 1. The molecule has 1 unspecified atom stereocenters. The second-order valence-corrected chi connectivity index (χ2v) is 11.8. The summed E-state index contributed by atoms with van der Waals surface area (Å²) >= 11 is 14.6. The number of hydrogen-bond acceptors (Lipinski definition) is 5. The van der Waals surface area contributed by atoms with E-state index in [-0.39, 0.29) is 11.8 Å². The van der Waals surface area contributed by atoms with Gasteiger partial charge in [-0.05, 0) is 83.1 Å². The van der Waals surface area contributed by atoms with Crippen molar-refractivity contribution in [2.75, 3.05) is 50.0 Å². The van der Waals surface area contributed by atoms with Gasteiger partial charge in [0.15, 0.2) is 0 Å². The van der Waals surface area contributed by atoms with E-state index in [2.05, 4.69) is 27.5 Å². The zero-order chi connectivity index (χ0) is 27.7. The molecule has 1 fully saturated rings. The highest BCUT2D eigenvalue weighted by atomic mass is 127. The smallest absolute Gasteiger partial charge is 0.257 e. The van der Waals surface area contributed by atoms with E-state index >= 15 is 0 Å². The maximum absolute atomic E-state index is 14.6. The summed E-state index contributed by atoms with van der Waals surface area (Å²) in [5.74, 6) is -0.425. The topological polar surface area (TPSA) is 79.1 Å². The first-order valence-corrected chi connectivity index (χ1v) is 14.6. The average molecular weight is 679 g/mol. The number of nitrogens with zero attached hydrogens (tertiary/aromatic N) is 3. The van der Waals surface area contributed by atoms with E-state index in [9.17, 15) is 9.59 Å². The Labute approximate surface area is 251 Å². The van der Waals surface area contributed by atoms with Crippen molar-refractivity contribution in [2.24, 2.45) is 0 Å². The van der Waals surface area contributed by atoms with Gasteiger partial charge in [-0.25, -0.2) is 0 Å². The predicted octanol–water partition coefficient (Wildman–Crippen LogP) is 5.80. The number of rotatable bonds is 6. The number of carbonyl (C=O) groups excluding carboxylic acids is 2. The minimum Gasteiger partial charge on any atom is -0.398 e. The Morgan fingerprint density at radius 2 is 1.67 bits per heavy atom. The van der Waals surface area contributed by atoms with Crippen LogP contribution in [-0.2, 0) is 9.53 Å². The minimum atomic E-state index is -0.894. The fraction of sp³-hybridized carbons (Fsp3) is 0.310. The Morgan fingerprint density at radius 3 is 2.36 bits per heavy atom. The van der Waals surface area contributed by atoms with Crippen molar-refractivity contribution >= 4 is 69.0 Å². The van der Waals surface area contributed by atoms with Gasteiger partial charge in [-0.15, -0.1) is 0 Å². The fourth-order valence-electron chi connectivity index (χ4n) is 5.28. The lowest BCUT2D eigenvalue weighted by Crippen LogP contribution is -2.47. The van der Waals surface area contributed by atoms with Crippen LogP contribution in [0.25, 0.3) is 0 Å². The van der Waals surface area contributed by atoms with E-state index in [1.807, 2.05) is 43.3 Å². The highest BCUT2D eigenvalue weighted by molar-refractivity contribution is 14.1. The number of anilines is 2. The van der Waals surface area contributed by atoms with Gasteiger partial charge in [0.05, 0.1) is 30.5 Å². The number of hydrogen-bond donors (Lipinski definition) is 1. The molecule has 2 aliphatic rings. The molecule has 39 heavy (non-hydrogen) atoms. The summed E-state index contributed by atoms with van der Waals surface area (Å²) in [7, 11) is 0. The van der Waals surface area contributed by atoms with Crippen molar-refractivity contribution in [3.05, 3.63) is 91.0 Å². The third-order valence-electron chi connectivity index (χ3n) is 7.34. The van der Waals surface area contributed by atoms with Crippen molar-refractivity contribution in [3.63, 3.8) is 0 Å². The highest BCUT2D eigenvalue weighted by Gasteiger charge is 2.43. The third-order valence-corrected chi connectivity index (χ3v) is 8.50. The largest absolute Gasteiger partial charge is 0.398 e. The van der Waals surface area contributed by atoms with Gasteiger partial charge < -0.3 is 20.3 Å². The van der Waals surface area contributed by atoms with Crippen LogP contribution in [0.5, 0.6) is 0 Å². The summed E-state index contributed by atoms with van der Waals surface area (Å²) in [6.07, 6.45) is 0. The Kier molecular flexibility index (Phi) is 8.68. The molecule has 2 heterocycles. The number of benzene rings is 3. The second kappa shape index (κ2) is 12.0. The quantitative estimate of drug-likeness (QED) is 0.263. The lowest BCUT2D eigenvalue weighted by Gasteiger charge is -2.36.